The first-order valence-electron chi connectivity index (χ1n) is 4.67. The Bertz CT molecular complexity index is 347. The molecule has 1 heterocycles. The van der Waals surface area contributed by atoms with Crippen LogP contribution in [0.5, 0.6) is 0 Å². The van der Waals surface area contributed by atoms with Gasteiger partial charge in [0.15, 0.2) is 5.78 Å². The summed E-state index contributed by atoms with van der Waals surface area (Å²) in [7, 11) is 0. The van der Waals surface area contributed by atoms with Crippen LogP contribution < -0.4 is 0 Å². The van der Waals surface area contributed by atoms with Gasteiger partial charge >= 0.3 is 0 Å². The second-order valence-electron chi connectivity index (χ2n) is 3.47. The first-order valence-corrected chi connectivity index (χ1v) is 4.67. The quantitative estimate of drug-likeness (QED) is 0.640. The van der Waals surface area contributed by atoms with Crippen LogP contribution in [-0.2, 0) is 6.54 Å². The highest BCUT2D eigenvalue weighted by Crippen LogP contribution is 2.21. The van der Waals surface area contributed by atoms with E-state index < -0.39 is 0 Å². The highest BCUT2D eigenvalue weighted by atomic mass is 16.1. The number of aromatic nitrogens is 1. The summed E-state index contributed by atoms with van der Waals surface area (Å²) in [5, 5.41) is 0. The number of carbonyl (C=O) groups excluding carboxylic acids is 1. The van der Waals surface area contributed by atoms with Gasteiger partial charge in [-0.3, -0.25) is 4.79 Å². The Morgan fingerprint density at radius 3 is 2.00 bits per heavy atom. The summed E-state index contributed by atoms with van der Waals surface area (Å²) in [5.41, 5.74) is 4.35. The average molecular weight is 179 g/mol. The molecule has 1 rings (SSSR count). The van der Waals surface area contributed by atoms with Crippen LogP contribution in [0.15, 0.2) is 0 Å². The number of hydrogen-bond donors (Lipinski definition) is 0. The Morgan fingerprint density at radius 2 is 1.77 bits per heavy atom. The van der Waals surface area contributed by atoms with Gasteiger partial charge in [0.2, 0.25) is 0 Å². The standard InChI is InChI=1S/C11H17NO/c1-6-12-8(3)7(2)11(9(12)4)10(5)13/h6H2,1-5H3. The summed E-state index contributed by atoms with van der Waals surface area (Å²) >= 11 is 0. The zero-order valence-electron chi connectivity index (χ0n) is 9.06. The Labute approximate surface area is 79.6 Å². The molecule has 0 aromatic carbocycles. The first kappa shape index (κ1) is 10.0. The van der Waals surface area contributed by atoms with Gasteiger partial charge in [-0.2, -0.15) is 0 Å². The minimum absolute atomic E-state index is 0.172. The molecule has 0 aliphatic heterocycles. The van der Waals surface area contributed by atoms with Gasteiger partial charge in [-0.15, -0.1) is 0 Å². The molecule has 0 N–H and O–H groups in total. The van der Waals surface area contributed by atoms with E-state index in [1.165, 1.54) is 5.69 Å². The van der Waals surface area contributed by atoms with Crippen LogP contribution >= 0.6 is 0 Å². The van der Waals surface area contributed by atoms with Gasteiger partial charge in [0.1, 0.15) is 0 Å². The van der Waals surface area contributed by atoms with Crippen LogP contribution in [0.3, 0.4) is 0 Å². The molecular weight excluding hydrogens is 162 g/mol. The van der Waals surface area contributed by atoms with E-state index in [4.69, 9.17) is 0 Å². The molecule has 0 unspecified atom stereocenters. The van der Waals surface area contributed by atoms with Gasteiger partial charge in [0.25, 0.3) is 0 Å². The number of nitrogens with zero attached hydrogens (tertiary/aromatic N) is 1. The molecule has 0 amide bonds. The average Bonchev–Trinajstić information content (AvgIpc) is 2.24. The van der Waals surface area contributed by atoms with Crippen LogP contribution in [0.1, 0.15) is 41.2 Å². The van der Waals surface area contributed by atoms with Crippen LogP contribution in [0.2, 0.25) is 0 Å². The molecule has 0 atom stereocenters. The zero-order chi connectivity index (χ0) is 10.2. The molecule has 72 valence electrons. The summed E-state index contributed by atoms with van der Waals surface area (Å²) in [6, 6.07) is 0. The fourth-order valence-corrected chi connectivity index (χ4v) is 2.03. The summed E-state index contributed by atoms with van der Waals surface area (Å²) in [6.07, 6.45) is 0. The molecule has 1 aromatic rings. The van der Waals surface area contributed by atoms with Gasteiger partial charge in [-0.25, -0.2) is 0 Å². The van der Waals surface area contributed by atoms with Crippen molar-refractivity contribution in [2.45, 2.75) is 41.2 Å². The molecule has 1 aromatic heterocycles. The lowest BCUT2D eigenvalue weighted by Crippen LogP contribution is -2.01. The third-order valence-electron chi connectivity index (χ3n) is 2.76. The second kappa shape index (κ2) is 3.36. The van der Waals surface area contributed by atoms with Crippen molar-refractivity contribution in [3.63, 3.8) is 0 Å². The van der Waals surface area contributed by atoms with E-state index in [1.807, 2.05) is 13.8 Å². The van der Waals surface area contributed by atoms with Crippen LogP contribution in [-0.4, -0.2) is 10.4 Å². The highest BCUT2D eigenvalue weighted by molar-refractivity contribution is 5.97. The number of carbonyl (C=O) groups is 1. The lowest BCUT2D eigenvalue weighted by molar-refractivity contribution is 0.101. The van der Waals surface area contributed by atoms with Crippen molar-refractivity contribution in [3.05, 3.63) is 22.5 Å². The maximum Gasteiger partial charge on any atom is 0.161 e. The van der Waals surface area contributed by atoms with Crippen molar-refractivity contribution in [1.82, 2.24) is 4.57 Å². The largest absolute Gasteiger partial charge is 0.348 e. The van der Waals surface area contributed by atoms with Gasteiger partial charge in [-0.05, 0) is 40.2 Å². The Balaban J connectivity index is 3.45. The van der Waals surface area contributed by atoms with E-state index in [0.717, 1.165) is 23.4 Å². The predicted octanol–water partition coefficient (Wildman–Crippen LogP) is 2.64. The molecule has 0 spiro atoms. The smallest absolute Gasteiger partial charge is 0.161 e. The Kier molecular flexibility index (Phi) is 2.60. The van der Waals surface area contributed by atoms with Gasteiger partial charge in [-0.1, -0.05) is 0 Å². The molecule has 0 radical (unpaired) electrons. The van der Waals surface area contributed by atoms with Gasteiger partial charge in [0.05, 0.1) is 0 Å². The van der Waals surface area contributed by atoms with E-state index in [9.17, 15) is 4.79 Å². The molecule has 0 saturated carbocycles. The minimum atomic E-state index is 0.172. The van der Waals surface area contributed by atoms with Crippen molar-refractivity contribution in [3.8, 4) is 0 Å². The number of Topliss-reactive ketones (excluding diaryl/α,β-unsaturated/α-hetero) is 1. The lowest BCUT2D eigenvalue weighted by Gasteiger charge is -2.04. The second-order valence-corrected chi connectivity index (χ2v) is 3.47. The summed E-state index contributed by atoms with van der Waals surface area (Å²) in [6.45, 7) is 10.8. The van der Waals surface area contributed by atoms with Crippen molar-refractivity contribution < 1.29 is 4.79 Å². The Morgan fingerprint density at radius 1 is 1.23 bits per heavy atom. The summed E-state index contributed by atoms with van der Waals surface area (Å²) in [5.74, 6) is 0.172. The number of hydrogen-bond acceptors (Lipinski definition) is 1. The van der Waals surface area contributed by atoms with Gasteiger partial charge < -0.3 is 4.57 Å². The van der Waals surface area contributed by atoms with Crippen LogP contribution in [0, 0.1) is 20.8 Å². The highest BCUT2D eigenvalue weighted by Gasteiger charge is 2.15. The van der Waals surface area contributed by atoms with E-state index >= 15 is 0 Å². The van der Waals surface area contributed by atoms with Crippen molar-refractivity contribution in [1.29, 1.82) is 0 Å². The normalized spacial score (nSPS) is 10.5. The zero-order valence-corrected chi connectivity index (χ0v) is 9.06. The monoisotopic (exact) mass is 179 g/mol. The molecule has 0 bridgehead atoms. The van der Waals surface area contributed by atoms with Crippen molar-refractivity contribution >= 4 is 5.78 Å². The van der Waals surface area contributed by atoms with Gasteiger partial charge in [0, 0.05) is 23.5 Å². The molecule has 2 nitrogen and oxygen atoms in total. The number of ketones is 1. The van der Waals surface area contributed by atoms with Crippen molar-refractivity contribution in [2.75, 3.05) is 0 Å². The molecule has 0 fully saturated rings. The third kappa shape index (κ3) is 1.41. The maximum absolute atomic E-state index is 11.4. The van der Waals surface area contributed by atoms with Crippen LogP contribution in [0.4, 0.5) is 0 Å². The Hall–Kier alpha value is -1.05. The SMILES string of the molecule is CCn1c(C)c(C)c(C(C)=O)c1C. The lowest BCUT2D eigenvalue weighted by atomic mass is 10.1. The van der Waals surface area contributed by atoms with E-state index in [-0.39, 0.29) is 5.78 Å². The molecule has 13 heavy (non-hydrogen) atoms. The molecule has 0 aliphatic rings. The third-order valence-corrected chi connectivity index (χ3v) is 2.76. The van der Waals surface area contributed by atoms with Crippen molar-refractivity contribution in [2.24, 2.45) is 0 Å². The van der Waals surface area contributed by atoms with E-state index in [1.54, 1.807) is 6.92 Å². The van der Waals surface area contributed by atoms with E-state index in [2.05, 4.69) is 18.4 Å². The molecular formula is C11H17NO. The topological polar surface area (TPSA) is 22.0 Å². The van der Waals surface area contributed by atoms with E-state index in [0.29, 0.717) is 0 Å². The molecule has 0 aliphatic carbocycles. The molecule has 0 saturated heterocycles. The molecule has 2 heteroatoms. The fourth-order valence-electron chi connectivity index (χ4n) is 2.03. The minimum Gasteiger partial charge on any atom is -0.348 e. The van der Waals surface area contributed by atoms with Crippen LogP contribution in [0.25, 0.3) is 0 Å². The number of rotatable bonds is 2. The summed E-state index contributed by atoms with van der Waals surface area (Å²) in [4.78, 5) is 11.4. The fraction of sp³-hybridized carbons (Fsp3) is 0.545. The summed E-state index contributed by atoms with van der Waals surface area (Å²) < 4.78 is 2.19. The first-order chi connectivity index (χ1) is 6.00. The predicted molar refractivity (Wildman–Crippen MR) is 54.3 cm³/mol. The maximum atomic E-state index is 11.4.